The molecule has 1 aromatic carbocycles. The molecule has 14 heavy (non-hydrogen) atoms. The van der Waals surface area contributed by atoms with E-state index in [4.69, 9.17) is 0 Å². The van der Waals surface area contributed by atoms with Crippen molar-refractivity contribution < 1.29 is 5.11 Å². The first kappa shape index (κ1) is 9.53. The molecule has 2 nitrogen and oxygen atoms in total. The Bertz CT molecular complexity index is 292. The number of hydrogen-bond acceptors (Lipinski definition) is 2. The summed E-state index contributed by atoms with van der Waals surface area (Å²) in [5.74, 6) is 0.401. The second-order valence-corrected chi connectivity index (χ2v) is 3.99. The number of hydrogen-bond donors (Lipinski definition) is 2. The third-order valence-electron chi connectivity index (χ3n) is 2.93. The van der Waals surface area contributed by atoms with E-state index in [9.17, 15) is 5.11 Å². The van der Waals surface area contributed by atoms with Crippen LogP contribution in [-0.4, -0.2) is 11.1 Å². The van der Waals surface area contributed by atoms with Gasteiger partial charge in [-0.25, -0.2) is 0 Å². The van der Waals surface area contributed by atoms with Gasteiger partial charge in [-0.1, -0.05) is 31.0 Å². The summed E-state index contributed by atoms with van der Waals surface area (Å²) in [6.45, 7) is 0.789. The molecule has 0 atom stereocenters. The van der Waals surface area contributed by atoms with Crippen LogP contribution in [0.5, 0.6) is 5.75 Å². The summed E-state index contributed by atoms with van der Waals surface area (Å²) >= 11 is 0. The average molecular weight is 191 g/mol. The van der Waals surface area contributed by atoms with Crippen molar-refractivity contribution in [2.24, 2.45) is 0 Å². The predicted molar refractivity (Wildman–Crippen MR) is 57.2 cm³/mol. The normalized spacial score (nSPS) is 17.4. The van der Waals surface area contributed by atoms with Gasteiger partial charge >= 0.3 is 0 Å². The molecular weight excluding hydrogens is 174 g/mol. The lowest BCUT2D eigenvalue weighted by molar-refractivity contribution is 0.456. The van der Waals surface area contributed by atoms with E-state index in [1.165, 1.54) is 25.7 Å². The molecule has 0 aromatic heterocycles. The van der Waals surface area contributed by atoms with E-state index in [1.54, 1.807) is 6.07 Å². The molecule has 1 fully saturated rings. The quantitative estimate of drug-likeness (QED) is 0.769. The van der Waals surface area contributed by atoms with Crippen molar-refractivity contribution in [3.63, 3.8) is 0 Å². The van der Waals surface area contributed by atoms with Crippen molar-refractivity contribution >= 4 is 0 Å². The van der Waals surface area contributed by atoms with Crippen LogP contribution in [0.4, 0.5) is 0 Å². The van der Waals surface area contributed by atoms with Crippen molar-refractivity contribution in [2.45, 2.75) is 38.3 Å². The minimum absolute atomic E-state index is 0.401. The number of phenolic OH excluding ortho intramolecular Hbond substituents is 1. The lowest BCUT2D eigenvalue weighted by Crippen LogP contribution is -2.25. The van der Waals surface area contributed by atoms with E-state index in [1.807, 2.05) is 18.2 Å². The maximum atomic E-state index is 9.54. The molecule has 0 spiro atoms. The zero-order valence-electron chi connectivity index (χ0n) is 8.37. The lowest BCUT2D eigenvalue weighted by atomic mass is 10.2. The Morgan fingerprint density at radius 3 is 2.64 bits per heavy atom. The van der Waals surface area contributed by atoms with Gasteiger partial charge in [0.05, 0.1) is 0 Å². The summed E-state index contributed by atoms with van der Waals surface area (Å²) in [5, 5.41) is 13.0. The Kier molecular flexibility index (Phi) is 3.04. The van der Waals surface area contributed by atoms with Crippen LogP contribution in [-0.2, 0) is 6.54 Å². The molecule has 2 heteroatoms. The summed E-state index contributed by atoms with van der Waals surface area (Å²) in [5.41, 5.74) is 0.999. The number of para-hydroxylation sites is 1. The summed E-state index contributed by atoms with van der Waals surface area (Å²) in [6, 6.07) is 8.19. The summed E-state index contributed by atoms with van der Waals surface area (Å²) in [7, 11) is 0. The SMILES string of the molecule is Oc1ccccc1CNC1CCCC1. The van der Waals surface area contributed by atoms with Crippen molar-refractivity contribution in [3.8, 4) is 5.75 Å². The second kappa shape index (κ2) is 4.47. The molecule has 2 N–H and O–H groups in total. The Morgan fingerprint density at radius 2 is 1.93 bits per heavy atom. The molecule has 1 aromatic rings. The molecule has 2 rings (SSSR count). The lowest BCUT2D eigenvalue weighted by Gasteiger charge is -2.12. The first-order valence-corrected chi connectivity index (χ1v) is 5.36. The van der Waals surface area contributed by atoms with Crippen LogP contribution >= 0.6 is 0 Å². The summed E-state index contributed by atoms with van der Waals surface area (Å²) < 4.78 is 0. The molecular formula is C12H17NO. The molecule has 0 aliphatic heterocycles. The van der Waals surface area contributed by atoms with E-state index >= 15 is 0 Å². The number of benzene rings is 1. The van der Waals surface area contributed by atoms with Crippen LogP contribution in [0.25, 0.3) is 0 Å². The first-order chi connectivity index (χ1) is 6.86. The van der Waals surface area contributed by atoms with Gasteiger partial charge in [-0.2, -0.15) is 0 Å². The van der Waals surface area contributed by atoms with E-state index in [0.29, 0.717) is 11.8 Å². The largest absolute Gasteiger partial charge is 0.508 e. The van der Waals surface area contributed by atoms with Crippen LogP contribution in [0.1, 0.15) is 31.2 Å². The molecule has 0 heterocycles. The fraction of sp³-hybridized carbons (Fsp3) is 0.500. The van der Waals surface area contributed by atoms with Crippen molar-refractivity contribution in [2.75, 3.05) is 0 Å². The highest BCUT2D eigenvalue weighted by Crippen LogP contribution is 2.20. The van der Waals surface area contributed by atoms with E-state index < -0.39 is 0 Å². The minimum atomic E-state index is 0.401. The topological polar surface area (TPSA) is 32.3 Å². The molecule has 0 amide bonds. The van der Waals surface area contributed by atoms with Gasteiger partial charge in [0.15, 0.2) is 0 Å². The Labute approximate surface area is 85.0 Å². The third kappa shape index (κ3) is 2.26. The summed E-state index contributed by atoms with van der Waals surface area (Å²) in [6.07, 6.45) is 5.26. The predicted octanol–water partition coefficient (Wildman–Crippen LogP) is 2.42. The average Bonchev–Trinajstić information content (AvgIpc) is 2.69. The summed E-state index contributed by atoms with van der Waals surface area (Å²) in [4.78, 5) is 0. The number of nitrogens with one attached hydrogen (secondary N) is 1. The van der Waals surface area contributed by atoms with Gasteiger partial charge in [-0.05, 0) is 18.9 Å². The fourth-order valence-electron chi connectivity index (χ4n) is 2.04. The van der Waals surface area contributed by atoms with Crippen LogP contribution in [0.3, 0.4) is 0 Å². The van der Waals surface area contributed by atoms with E-state index in [-0.39, 0.29) is 0 Å². The molecule has 76 valence electrons. The minimum Gasteiger partial charge on any atom is -0.508 e. The molecule has 1 aliphatic carbocycles. The van der Waals surface area contributed by atoms with Crippen LogP contribution < -0.4 is 5.32 Å². The van der Waals surface area contributed by atoms with Gasteiger partial charge < -0.3 is 10.4 Å². The molecule has 0 saturated heterocycles. The smallest absolute Gasteiger partial charge is 0.120 e. The van der Waals surface area contributed by atoms with Crippen LogP contribution in [0.15, 0.2) is 24.3 Å². The first-order valence-electron chi connectivity index (χ1n) is 5.36. The maximum absolute atomic E-state index is 9.54. The zero-order valence-corrected chi connectivity index (χ0v) is 8.37. The number of aromatic hydroxyl groups is 1. The van der Waals surface area contributed by atoms with E-state index in [0.717, 1.165) is 12.1 Å². The number of rotatable bonds is 3. The van der Waals surface area contributed by atoms with Crippen molar-refractivity contribution in [1.29, 1.82) is 0 Å². The zero-order chi connectivity index (χ0) is 9.80. The van der Waals surface area contributed by atoms with Gasteiger partial charge in [-0.15, -0.1) is 0 Å². The maximum Gasteiger partial charge on any atom is 0.120 e. The van der Waals surface area contributed by atoms with Crippen molar-refractivity contribution in [1.82, 2.24) is 5.32 Å². The third-order valence-corrected chi connectivity index (χ3v) is 2.93. The Balaban J connectivity index is 1.88. The molecule has 1 aliphatic rings. The molecule has 0 radical (unpaired) electrons. The fourth-order valence-corrected chi connectivity index (χ4v) is 2.04. The molecule has 0 unspecified atom stereocenters. The van der Waals surface area contributed by atoms with Gasteiger partial charge in [0.25, 0.3) is 0 Å². The van der Waals surface area contributed by atoms with Gasteiger partial charge in [0.1, 0.15) is 5.75 Å². The standard InChI is InChI=1S/C12H17NO/c14-12-8-4-1-5-10(12)9-13-11-6-2-3-7-11/h1,4-5,8,11,13-14H,2-3,6-7,9H2. The molecule has 1 saturated carbocycles. The van der Waals surface area contributed by atoms with Gasteiger partial charge in [0, 0.05) is 18.2 Å². The number of phenols is 1. The van der Waals surface area contributed by atoms with Crippen LogP contribution in [0, 0.1) is 0 Å². The highest BCUT2D eigenvalue weighted by molar-refractivity contribution is 5.31. The van der Waals surface area contributed by atoms with Gasteiger partial charge in [-0.3, -0.25) is 0 Å². The molecule has 0 bridgehead atoms. The van der Waals surface area contributed by atoms with E-state index in [2.05, 4.69) is 5.32 Å². The van der Waals surface area contributed by atoms with Crippen molar-refractivity contribution in [3.05, 3.63) is 29.8 Å². The highest BCUT2D eigenvalue weighted by atomic mass is 16.3. The van der Waals surface area contributed by atoms with Crippen LogP contribution in [0.2, 0.25) is 0 Å². The highest BCUT2D eigenvalue weighted by Gasteiger charge is 2.14. The second-order valence-electron chi connectivity index (χ2n) is 3.99. The van der Waals surface area contributed by atoms with Gasteiger partial charge in [0.2, 0.25) is 0 Å². The Hall–Kier alpha value is -1.02. The monoisotopic (exact) mass is 191 g/mol. The Morgan fingerprint density at radius 1 is 1.21 bits per heavy atom.